The first-order chi connectivity index (χ1) is 14.0. The van der Waals surface area contributed by atoms with Crippen LogP contribution in [0.2, 0.25) is 0 Å². The van der Waals surface area contributed by atoms with Crippen LogP contribution in [0.25, 0.3) is 0 Å². The van der Waals surface area contributed by atoms with E-state index in [1.807, 2.05) is 0 Å². The first-order valence-corrected chi connectivity index (χ1v) is 8.45. The molecule has 8 nitrogen and oxygen atoms in total. The number of carbonyl (C=O) groups is 2. The zero-order chi connectivity index (χ0) is 20.8. The summed E-state index contributed by atoms with van der Waals surface area (Å²) in [6.07, 6.45) is 1.31. The number of hydrazone groups is 1. The van der Waals surface area contributed by atoms with Crippen LogP contribution >= 0.6 is 0 Å². The highest BCUT2D eigenvalue weighted by atomic mass is 19.3. The molecule has 0 unspecified atom stereocenters. The van der Waals surface area contributed by atoms with E-state index in [0.717, 1.165) is 0 Å². The van der Waals surface area contributed by atoms with Gasteiger partial charge in [0.25, 0.3) is 11.8 Å². The van der Waals surface area contributed by atoms with Gasteiger partial charge in [-0.15, -0.1) is 0 Å². The third-order valence-corrected chi connectivity index (χ3v) is 3.92. The number of carbonyl (C=O) groups excluding carboxylic acids is 2. The van der Waals surface area contributed by atoms with Crippen LogP contribution in [0.5, 0.6) is 17.2 Å². The maximum atomic E-state index is 12.4. The summed E-state index contributed by atoms with van der Waals surface area (Å²) in [5.74, 6) is -0.371. The Labute approximate surface area is 164 Å². The van der Waals surface area contributed by atoms with Crippen LogP contribution in [0.1, 0.15) is 5.56 Å². The fraction of sp³-hybridized carbons (Fsp3) is 0.211. The van der Waals surface area contributed by atoms with Crippen LogP contribution < -0.4 is 24.5 Å². The second-order valence-electron chi connectivity index (χ2n) is 5.82. The van der Waals surface area contributed by atoms with Crippen LogP contribution in [-0.4, -0.2) is 44.9 Å². The number of nitrogens with one attached hydrogen (secondary N) is 1. The molecule has 0 atom stereocenters. The lowest BCUT2D eigenvalue weighted by Crippen LogP contribution is -2.44. The van der Waals surface area contributed by atoms with E-state index in [9.17, 15) is 18.4 Å². The summed E-state index contributed by atoms with van der Waals surface area (Å²) in [4.78, 5) is 25.5. The van der Waals surface area contributed by atoms with Gasteiger partial charge >= 0.3 is 6.61 Å². The number of hydrogen-bond acceptors (Lipinski definition) is 6. The predicted octanol–water partition coefficient (Wildman–Crippen LogP) is 2.17. The summed E-state index contributed by atoms with van der Waals surface area (Å²) in [5, 5.41) is 3.82. The molecule has 1 N–H and O–H groups in total. The van der Waals surface area contributed by atoms with Crippen LogP contribution in [0.3, 0.4) is 0 Å². The maximum absolute atomic E-state index is 12.4. The number of rotatable bonds is 7. The first-order valence-electron chi connectivity index (χ1n) is 8.45. The summed E-state index contributed by atoms with van der Waals surface area (Å²) in [6, 6.07) is 11.1. The Morgan fingerprint density at radius 2 is 2.10 bits per heavy atom. The molecule has 0 saturated carbocycles. The van der Waals surface area contributed by atoms with Gasteiger partial charge in [0.2, 0.25) is 0 Å². The number of fused-ring (bicyclic) bond motifs is 1. The van der Waals surface area contributed by atoms with Gasteiger partial charge in [-0.25, -0.2) is 5.43 Å². The number of alkyl halides is 2. The van der Waals surface area contributed by atoms with Gasteiger partial charge in [-0.3, -0.25) is 14.5 Å². The van der Waals surface area contributed by atoms with Crippen molar-refractivity contribution < 1.29 is 32.6 Å². The molecular formula is C19H17F2N3O5. The second-order valence-corrected chi connectivity index (χ2v) is 5.82. The molecule has 29 heavy (non-hydrogen) atoms. The van der Waals surface area contributed by atoms with Crippen molar-refractivity contribution in [3.05, 3.63) is 48.0 Å². The van der Waals surface area contributed by atoms with E-state index >= 15 is 0 Å². The van der Waals surface area contributed by atoms with Gasteiger partial charge in [0.15, 0.2) is 18.1 Å². The van der Waals surface area contributed by atoms with Crippen molar-refractivity contribution in [2.45, 2.75) is 6.61 Å². The van der Waals surface area contributed by atoms with E-state index in [-0.39, 0.29) is 30.6 Å². The molecule has 2 aromatic carbocycles. The maximum Gasteiger partial charge on any atom is 0.387 e. The average Bonchev–Trinajstić information content (AvgIpc) is 2.71. The third-order valence-electron chi connectivity index (χ3n) is 3.92. The van der Waals surface area contributed by atoms with E-state index in [0.29, 0.717) is 17.0 Å². The standard InChI is InChI=1S/C19H17F2N3O5/c1-27-16-8-12(6-7-15(16)29-19(20)21)9-22-23-17(25)10-24-13-4-2-3-5-14(13)28-11-18(24)26/h2-9,19H,10-11H2,1H3,(H,23,25)/b22-9-. The largest absolute Gasteiger partial charge is 0.493 e. The quantitative estimate of drug-likeness (QED) is 0.563. The van der Waals surface area contributed by atoms with E-state index in [1.165, 1.54) is 36.4 Å². The van der Waals surface area contributed by atoms with Crippen LogP contribution in [0.4, 0.5) is 14.5 Å². The van der Waals surface area contributed by atoms with Gasteiger partial charge < -0.3 is 14.2 Å². The fourth-order valence-electron chi connectivity index (χ4n) is 2.64. The Hall–Kier alpha value is -3.69. The van der Waals surface area contributed by atoms with E-state index in [2.05, 4.69) is 15.3 Å². The van der Waals surface area contributed by atoms with Gasteiger partial charge in [0.05, 0.1) is 19.0 Å². The van der Waals surface area contributed by atoms with Crippen molar-refractivity contribution in [1.29, 1.82) is 0 Å². The molecular weight excluding hydrogens is 388 g/mol. The highest BCUT2D eigenvalue weighted by molar-refractivity contribution is 6.02. The Morgan fingerprint density at radius 1 is 1.31 bits per heavy atom. The molecule has 0 bridgehead atoms. The summed E-state index contributed by atoms with van der Waals surface area (Å²) in [7, 11) is 1.31. The Balaban J connectivity index is 1.62. The molecule has 0 aromatic heterocycles. The van der Waals surface area contributed by atoms with Crippen LogP contribution in [-0.2, 0) is 9.59 Å². The Morgan fingerprint density at radius 3 is 2.86 bits per heavy atom. The number of para-hydroxylation sites is 2. The predicted molar refractivity (Wildman–Crippen MR) is 99.7 cm³/mol. The lowest BCUT2D eigenvalue weighted by Gasteiger charge is -2.28. The monoisotopic (exact) mass is 405 g/mol. The fourth-order valence-corrected chi connectivity index (χ4v) is 2.64. The molecule has 1 heterocycles. The van der Waals surface area contributed by atoms with Crippen molar-refractivity contribution in [2.24, 2.45) is 5.10 Å². The topological polar surface area (TPSA) is 89.5 Å². The summed E-state index contributed by atoms with van der Waals surface area (Å²) in [6.45, 7) is -3.36. The molecule has 10 heteroatoms. The van der Waals surface area contributed by atoms with E-state index in [4.69, 9.17) is 9.47 Å². The van der Waals surface area contributed by atoms with Gasteiger partial charge in [0.1, 0.15) is 12.3 Å². The van der Waals surface area contributed by atoms with Crippen molar-refractivity contribution in [1.82, 2.24) is 5.43 Å². The van der Waals surface area contributed by atoms with Crippen LogP contribution in [0, 0.1) is 0 Å². The highest BCUT2D eigenvalue weighted by Gasteiger charge is 2.26. The van der Waals surface area contributed by atoms with Crippen molar-refractivity contribution >= 4 is 23.7 Å². The molecule has 0 aliphatic carbocycles. The van der Waals surface area contributed by atoms with Gasteiger partial charge in [0, 0.05) is 0 Å². The van der Waals surface area contributed by atoms with Gasteiger partial charge in [-0.2, -0.15) is 13.9 Å². The Kier molecular flexibility index (Phi) is 6.22. The number of anilines is 1. The van der Waals surface area contributed by atoms with Gasteiger partial charge in [-0.1, -0.05) is 12.1 Å². The zero-order valence-electron chi connectivity index (χ0n) is 15.3. The first kappa shape index (κ1) is 20.1. The Bertz CT molecular complexity index is 936. The third kappa shape index (κ3) is 4.98. The molecule has 0 saturated heterocycles. The number of nitrogens with zero attached hydrogens (tertiary/aromatic N) is 2. The number of methoxy groups -OCH3 is 1. The lowest BCUT2D eigenvalue weighted by molar-refractivity contribution is -0.125. The molecule has 0 radical (unpaired) electrons. The molecule has 1 aliphatic heterocycles. The molecule has 1 aliphatic rings. The number of hydrogen-bond donors (Lipinski definition) is 1. The second kappa shape index (κ2) is 9.00. The number of halogens is 2. The summed E-state index contributed by atoms with van der Waals surface area (Å²) < 4.78 is 39.4. The summed E-state index contributed by atoms with van der Waals surface area (Å²) in [5.41, 5.74) is 3.30. The smallest absolute Gasteiger partial charge is 0.387 e. The minimum Gasteiger partial charge on any atom is -0.493 e. The number of amides is 2. The average molecular weight is 405 g/mol. The molecule has 0 fully saturated rings. The minimum atomic E-state index is -2.98. The van der Waals surface area contributed by atoms with Gasteiger partial charge in [-0.05, 0) is 35.9 Å². The molecule has 2 amide bonds. The SMILES string of the molecule is COc1cc(/C=N\NC(=O)CN2C(=O)COc3ccccc32)ccc1OC(F)F. The van der Waals surface area contributed by atoms with E-state index < -0.39 is 12.5 Å². The van der Waals surface area contributed by atoms with Crippen molar-refractivity contribution in [2.75, 3.05) is 25.2 Å². The molecule has 0 spiro atoms. The van der Waals surface area contributed by atoms with E-state index in [1.54, 1.807) is 24.3 Å². The van der Waals surface area contributed by atoms with Crippen molar-refractivity contribution in [3.63, 3.8) is 0 Å². The summed E-state index contributed by atoms with van der Waals surface area (Å²) >= 11 is 0. The zero-order valence-corrected chi connectivity index (χ0v) is 15.3. The van der Waals surface area contributed by atoms with Crippen molar-refractivity contribution in [3.8, 4) is 17.2 Å². The normalized spacial score (nSPS) is 13.2. The molecule has 3 rings (SSSR count). The molecule has 2 aromatic rings. The minimum absolute atomic E-state index is 0.0936. The highest BCUT2D eigenvalue weighted by Crippen LogP contribution is 2.31. The number of ether oxygens (including phenoxy) is 3. The number of benzene rings is 2. The molecule has 152 valence electrons. The lowest BCUT2D eigenvalue weighted by atomic mass is 10.2. The van der Waals surface area contributed by atoms with Crippen LogP contribution in [0.15, 0.2) is 47.6 Å².